The fourth-order valence-corrected chi connectivity index (χ4v) is 3.35. The van der Waals surface area contributed by atoms with Gasteiger partial charge < -0.3 is 5.32 Å². The Labute approximate surface area is 119 Å². The van der Waals surface area contributed by atoms with E-state index in [0.29, 0.717) is 0 Å². The molecule has 0 aliphatic heterocycles. The van der Waals surface area contributed by atoms with E-state index in [1.54, 1.807) is 0 Å². The molecule has 2 aromatic rings. The summed E-state index contributed by atoms with van der Waals surface area (Å²) in [5.41, 5.74) is 3.22. The maximum atomic E-state index is 6.40. The van der Waals surface area contributed by atoms with Gasteiger partial charge in [-0.1, -0.05) is 24.4 Å². The molecule has 1 aliphatic rings. The Hall–Kier alpha value is -1.28. The Balaban J connectivity index is 1.93. The molecule has 0 radical (unpaired) electrons. The first kappa shape index (κ1) is 12.7. The minimum Gasteiger partial charge on any atom is -0.383 e. The van der Waals surface area contributed by atoms with Crippen LogP contribution in [0.3, 0.4) is 0 Å². The van der Waals surface area contributed by atoms with Gasteiger partial charge in [0.05, 0.1) is 16.2 Å². The second kappa shape index (κ2) is 5.38. The molecule has 1 heterocycles. The topological polar surface area (TPSA) is 24.9 Å². The molecule has 1 saturated carbocycles. The van der Waals surface area contributed by atoms with E-state index < -0.39 is 0 Å². The van der Waals surface area contributed by atoms with Crippen molar-refractivity contribution >= 4 is 28.2 Å². The second-order valence-corrected chi connectivity index (χ2v) is 5.89. The number of nitrogens with zero attached hydrogens (tertiary/aromatic N) is 1. The summed E-state index contributed by atoms with van der Waals surface area (Å²) in [5.74, 6) is 0.795. The maximum absolute atomic E-state index is 6.40. The van der Waals surface area contributed by atoms with E-state index in [1.165, 1.54) is 25.7 Å². The van der Waals surface area contributed by atoms with Crippen molar-refractivity contribution in [3.63, 3.8) is 0 Å². The molecule has 0 atom stereocenters. The third kappa shape index (κ3) is 2.55. The minimum atomic E-state index is 0.795. The van der Waals surface area contributed by atoms with E-state index >= 15 is 0 Å². The number of anilines is 1. The predicted molar refractivity (Wildman–Crippen MR) is 81.9 cm³/mol. The van der Waals surface area contributed by atoms with Crippen molar-refractivity contribution in [2.45, 2.75) is 32.6 Å². The Morgan fingerprint density at radius 2 is 2.16 bits per heavy atom. The van der Waals surface area contributed by atoms with E-state index in [1.807, 2.05) is 18.3 Å². The number of nitrogens with one attached hydrogen (secondary N) is 1. The molecule has 3 rings (SSSR count). The molecule has 0 bridgehead atoms. The zero-order chi connectivity index (χ0) is 13.2. The van der Waals surface area contributed by atoms with Crippen molar-refractivity contribution < 1.29 is 0 Å². The lowest BCUT2D eigenvalue weighted by Gasteiger charge is -2.16. The quantitative estimate of drug-likeness (QED) is 0.870. The zero-order valence-corrected chi connectivity index (χ0v) is 12.0. The third-order valence-electron chi connectivity index (χ3n) is 4.07. The van der Waals surface area contributed by atoms with Gasteiger partial charge in [0.15, 0.2) is 0 Å². The van der Waals surface area contributed by atoms with Crippen molar-refractivity contribution in [1.82, 2.24) is 4.98 Å². The molecule has 1 aliphatic carbocycles. The summed E-state index contributed by atoms with van der Waals surface area (Å²) in [4.78, 5) is 4.46. The molecular formula is C16H19ClN2. The van der Waals surface area contributed by atoms with Crippen LogP contribution in [-0.4, -0.2) is 11.5 Å². The summed E-state index contributed by atoms with van der Waals surface area (Å²) >= 11 is 6.40. The summed E-state index contributed by atoms with van der Waals surface area (Å²) in [6.07, 6.45) is 7.26. The number of fused-ring (bicyclic) bond motifs is 1. The highest BCUT2D eigenvalue weighted by Crippen LogP contribution is 2.33. The van der Waals surface area contributed by atoms with Gasteiger partial charge in [0, 0.05) is 18.1 Å². The lowest BCUT2D eigenvalue weighted by atomic mass is 10.1. The van der Waals surface area contributed by atoms with Gasteiger partial charge in [-0.3, -0.25) is 4.98 Å². The number of halogens is 1. The van der Waals surface area contributed by atoms with Crippen molar-refractivity contribution in [3.8, 4) is 0 Å². The van der Waals surface area contributed by atoms with Gasteiger partial charge in [0.2, 0.25) is 0 Å². The van der Waals surface area contributed by atoms with Gasteiger partial charge >= 0.3 is 0 Å². The molecule has 19 heavy (non-hydrogen) atoms. The Bertz CT molecular complexity index is 589. The van der Waals surface area contributed by atoms with Crippen LogP contribution in [0.5, 0.6) is 0 Å². The van der Waals surface area contributed by atoms with Gasteiger partial charge in [-0.25, -0.2) is 0 Å². The monoisotopic (exact) mass is 274 g/mol. The van der Waals surface area contributed by atoms with E-state index in [9.17, 15) is 0 Å². The van der Waals surface area contributed by atoms with Crippen LogP contribution < -0.4 is 5.32 Å². The SMILES string of the molecule is Cc1cc(Cl)c(NCC2CCCC2)c2cccnc12. The van der Waals surface area contributed by atoms with Crippen LogP contribution in [0.4, 0.5) is 5.69 Å². The largest absolute Gasteiger partial charge is 0.383 e. The van der Waals surface area contributed by atoms with Crippen LogP contribution >= 0.6 is 11.6 Å². The summed E-state index contributed by atoms with van der Waals surface area (Å²) < 4.78 is 0. The predicted octanol–water partition coefficient (Wildman–Crippen LogP) is 4.80. The van der Waals surface area contributed by atoms with Gasteiger partial charge in [0.1, 0.15) is 0 Å². The molecule has 1 N–H and O–H groups in total. The van der Waals surface area contributed by atoms with Crippen LogP contribution in [0.1, 0.15) is 31.2 Å². The molecule has 1 aromatic carbocycles. The number of aromatic nitrogens is 1. The lowest BCUT2D eigenvalue weighted by molar-refractivity contribution is 0.580. The van der Waals surface area contributed by atoms with Crippen molar-refractivity contribution in [3.05, 3.63) is 35.0 Å². The number of hydrogen-bond donors (Lipinski definition) is 1. The van der Waals surface area contributed by atoms with Crippen LogP contribution in [0, 0.1) is 12.8 Å². The number of aryl methyl sites for hydroxylation is 1. The van der Waals surface area contributed by atoms with Gasteiger partial charge in [0.25, 0.3) is 0 Å². The highest BCUT2D eigenvalue weighted by molar-refractivity contribution is 6.35. The van der Waals surface area contributed by atoms with Crippen LogP contribution in [0.15, 0.2) is 24.4 Å². The molecule has 2 nitrogen and oxygen atoms in total. The summed E-state index contributed by atoms with van der Waals surface area (Å²) in [6.45, 7) is 3.08. The molecule has 1 aromatic heterocycles. The van der Waals surface area contributed by atoms with Crippen molar-refractivity contribution in [1.29, 1.82) is 0 Å². The van der Waals surface area contributed by atoms with Gasteiger partial charge in [-0.05, 0) is 49.4 Å². The fraction of sp³-hybridized carbons (Fsp3) is 0.438. The zero-order valence-electron chi connectivity index (χ0n) is 11.2. The summed E-state index contributed by atoms with van der Waals surface area (Å²) in [7, 11) is 0. The lowest BCUT2D eigenvalue weighted by Crippen LogP contribution is -2.11. The highest BCUT2D eigenvalue weighted by atomic mass is 35.5. The van der Waals surface area contributed by atoms with E-state index in [-0.39, 0.29) is 0 Å². The smallest absolute Gasteiger partial charge is 0.0752 e. The Kier molecular flexibility index (Phi) is 3.61. The third-order valence-corrected chi connectivity index (χ3v) is 4.37. The average molecular weight is 275 g/mol. The molecule has 1 fully saturated rings. The normalized spacial score (nSPS) is 16.1. The standard InChI is InChI=1S/C16H19ClN2/c1-11-9-14(17)16(13-7-4-8-18-15(11)13)19-10-12-5-2-3-6-12/h4,7-9,12,19H,2-3,5-6,10H2,1H3. The minimum absolute atomic E-state index is 0.795. The fourth-order valence-electron chi connectivity index (χ4n) is 3.02. The van der Waals surface area contributed by atoms with Crippen LogP contribution in [0.2, 0.25) is 5.02 Å². The first-order valence-corrected chi connectivity index (χ1v) is 7.41. The van der Waals surface area contributed by atoms with Crippen LogP contribution in [0.25, 0.3) is 10.9 Å². The summed E-state index contributed by atoms with van der Waals surface area (Å²) in [6, 6.07) is 6.07. The Morgan fingerprint density at radius 1 is 1.37 bits per heavy atom. The number of benzene rings is 1. The number of pyridine rings is 1. The number of rotatable bonds is 3. The van der Waals surface area contributed by atoms with E-state index in [4.69, 9.17) is 11.6 Å². The first-order valence-electron chi connectivity index (χ1n) is 7.03. The van der Waals surface area contributed by atoms with E-state index in [0.717, 1.165) is 39.6 Å². The maximum Gasteiger partial charge on any atom is 0.0752 e. The Morgan fingerprint density at radius 3 is 2.95 bits per heavy atom. The molecule has 0 unspecified atom stereocenters. The molecule has 0 saturated heterocycles. The summed E-state index contributed by atoms with van der Waals surface area (Å²) in [5, 5.41) is 5.49. The molecule has 0 amide bonds. The molecular weight excluding hydrogens is 256 g/mol. The van der Waals surface area contributed by atoms with Gasteiger partial charge in [-0.15, -0.1) is 0 Å². The molecule has 100 valence electrons. The number of hydrogen-bond acceptors (Lipinski definition) is 2. The first-order chi connectivity index (χ1) is 9.25. The van der Waals surface area contributed by atoms with Crippen molar-refractivity contribution in [2.24, 2.45) is 5.92 Å². The van der Waals surface area contributed by atoms with Crippen molar-refractivity contribution in [2.75, 3.05) is 11.9 Å². The molecule has 3 heteroatoms. The average Bonchev–Trinajstić information content (AvgIpc) is 2.92. The van der Waals surface area contributed by atoms with Gasteiger partial charge in [-0.2, -0.15) is 0 Å². The highest BCUT2D eigenvalue weighted by Gasteiger charge is 2.16. The van der Waals surface area contributed by atoms with Crippen LogP contribution in [-0.2, 0) is 0 Å². The molecule has 0 spiro atoms. The second-order valence-electron chi connectivity index (χ2n) is 5.48. The van der Waals surface area contributed by atoms with E-state index in [2.05, 4.69) is 23.3 Å².